The molecule has 0 bridgehead atoms. The first-order valence-electron chi connectivity index (χ1n) is 6.96. The second-order valence-electron chi connectivity index (χ2n) is 5.45. The summed E-state index contributed by atoms with van der Waals surface area (Å²) in [6, 6.07) is 13.3. The van der Waals surface area contributed by atoms with Crippen LogP contribution in [0.15, 0.2) is 36.4 Å². The summed E-state index contributed by atoms with van der Waals surface area (Å²) in [6.07, 6.45) is 3.20. The number of nitrogens with two attached hydrogens (primary N) is 1. The Bertz CT molecular complexity index is 648. The van der Waals surface area contributed by atoms with Crippen LogP contribution in [0.4, 0.5) is 0 Å². The Morgan fingerprint density at radius 1 is 1.05 bits per heavy atom. The maximum absolute atomic E-state index is 6.10. The molecular weight excluding hydrogens is 234 g/mol. The lowest BCUT2D eigenvalue weighted by atomic mass is 9.97. The highest BCUT2D eigenvalue weighted by Crippen LogP contribution is 2.39. The molecule has 1 aliphatic heterocycles. The highest BCUT2D eigenvalue weighted by Gasteiger charge is 2.21. The fraction of sp³-hybridized carbons (Fsp3) is 0.294. The Hall–Kier alpha value is -1.80. The Balaban J connectivity index is 1.84. The molecule has 4 rings (SSSR count). The van der Waals surface area contributed by atoms with E-state index in [2.05, 4.69) is 36.4 Å². The van der Waals surface area contributed by atoms with Gasteiger partial charge in [-0.15, -0.1) is 0 Å². The Morgan fingerprint density at radius 3 is 2.95 bits per heavy atom. The summed E-state index contributed by atoms with van der Waals surface area (Å²) >= 11 is 0. The highest BCUT2D eigenvalue weighted by atomic mass is 16.5. The van der Waals surface area contributed by atoms with Gasteiger partial charge in [-0.3, -0.25) is 0 Å². The molecule has 96 valence electrons. The van der Waals surface area contributed by atoms with Crippen LogP contribution in [0.25, 0.3) is 11.1 Å². The van der Waals surface area contributed by atoms with Crippen LogP contribution in [0.5, 0.6) is 5.75 Å². The van der Waals surface area contributed by atoms with Crippen LogP contribution in [0.2, 0.25) is 0 Å². The van der Waals surface area contributed by atoms with E-state index in [1.165, 1.54) is 27.8 Å². The van der Waals surface area contributed by atoms with Crippen molar-refractivity contribution in [2.45, 2.75) is 25.3 Å². The molecule has 2 aromatic carbocycles. The van der Waals surface area contributed by atoms with Crippen LogP contribution in [0.3, 0.4) is 0 Å². The first kappa shape index (κ1) is 11.1. The van der Waals surface area contributed by atoms with Crippen molar-refractivity contribution in [3.63, 3.8) is 0 Å². The van der Waals surface area contributed by atoms with E-state index in [0.29, 0.717) is 0 Å². The summed E-state index contributed by atoms with van der Waals surface area (Å²) < 4.78 is 5.80. The van der Waals surface area contributed by atoms with Crippen molar-refractivity contribution in [3.05, 3.63) is 53.1 Å². The minimum absolute atomic E-state index is 0.224. The number of para-hydroxylation sites is 1. The van der Waals surface area contributed by atoms with Gasteiger partial charge in [-0.1, -0.05) is 36.4 Å². The predicted octanol–water partition coefficient (Wildman–Crippen LogP) is 3.23. The second-order valence-corrected chi connectivity index (χ2v) is 5.45. The van der Waals surface area contributed by atoms with Crippen molar-refractivity contribution < 1.29 is 4.74 Å². The molecule has 1 unspecified atom stereocenters. The van der Waals surface area contributed by atoms with Crippen LogP contribution < -0.4 is 10.5 Å². The summed E-state index contributed by atoms with van der Waals surface area (Å²) in [6.45, 7) is 0.808. The van der Waals surface area contributed by atoms with Gasteiger partial charge >= 0.3 is 0 Å². The van der Waals surface area contributed by atoms with E-state index >= 15 is 0 Å². The van der Waals surface area contributed by atoms with Gasteiger partial charge in [0.15, 0.2) is 0 Å². The van der Waals surface area contributed by atoms with Crippen molar-refractivity contribution in [1.82, 2.24) is 0 Å². The maximum atomic E-state index is 6.10. The van der Waals surface area contributed by atoms with Crippen molar-refractivity contribution >= 4 is 0 Å². The topological polar surface area (TPSA) is 35.2 Å². The van der Waals surface area contributed by atoms with Crippen molar-refractivity contribution in [2.24, 2.45) is 5.73 Å². The molecule has 0 saturated carbocycles. The molecule has 0 aromatic heterocycles. The van der Waals surface area contributed by atoms with E-state index in [-0.39, 0.29) is 6.04 Å². The third-order valence-corrected chi connectivity index (χ3v) is 4.29. The number of rotatable bonds is 1. The minimum atomic E-state index is 0.224. The number of ether oxygens (including phenoxy) is 1. The third kappa shape index (κ3) is 1.67. The molecule has 2 aromatic rings. The van der Waals surface area contributed by atoms with E-state index in [1.807, 2.05) is 0 Å². The zero-order chi connectivity index (χ0) is 12.8. The Morgan fingerprint density at radius 2 is 2.00 bits per heavy atom. The number of hydrogen-bond donors (Lipinski definition) is 1. The monoisotopic (exact) mass is 251 g/mol. The molecule has 2 aliphatic rings. The number of aryl methyl sites for hydroxylation is 1. The van der Waals surface area contributed by atoms with Crippen LogP contribution >= 0.6 is 0 Å². The predicted molar refractivity (Wildman–Crippen MR) is 76.3 cm³/mol. The number of hydrogen-bond acceptors (Lipinski definition) is 2. The molecule has 2 nitrogen and oxygen atoms in total. The third-order valence-electron chi connectivity index (χ3n) is 4.29. The van der Waals surface area contributed by atoms with Crippen LogP contribution in [0.1, 0.15) is 29.2 Å². The zero-order valence-electron chi connectivity index (χ0n) is 10.9. The molecule has 1 aliphatic carbocycles. The van der Waals surface area contributed by atoms with E-state index in [4.69, 9.17) is 10.5 Å². The summed E-state index contributed by atoms with van der Waals surface area (Å²) in [5.74, 6) is 1.07. The van der Waals surface area contributed by atoms with Gasteiger partial charge in [-0.25, -0.2) is 0 Å². The van der Waals surface area contributed by atoms with Gasteiger partial charge in [0.25, 0.3) is 0 Å². The van der Waals surface area contributed by atoms with Crippen molar-refractivity contribution in [3.8, 4) is 16.9 Å². The van der Waals surface area contributed by atoms with E-state index in [0.717, 1.165) is 31.6 Å². The first-order chi connectivity index (χ1) is 9.33. The normalized spacial score (nSPS) is 19.9. The highest BCUT2D eigenvalue weighted by molar-refractivity contribution is 5.74. The molecule has 2 heteroatoms. The minimum Gasteiger partial charge on any atom is -0.492 e. The largest absolute Gasteiger partial charge is 0.492 e. The van der Waals surface area contributed by atoms with E-state index in [1.54, 1.807) is 0 Å². The molecular formula is C17H17NO. The smallest absolute Gasteiger partial charge is 0.130 e. The molecule has 1 heterocycles. The summed E-state index contributed by atoms with van der Waals surface area (Å²) in [5.41, 5.74) is 12.6. The molecule has 0 saturated heterocycles. The molecule has 19 heavy (non-hydrogen) atoms. The first-order valence-corrected chi connectivity index (χ1v) is 6.96. The maximum Gasteiger partial charge on any atom is 0.130 e. The van der Waals surface area contributed by atoms with Gasteiger partial charge in [0, 0.05) is 18.0 Å². The van der Waals surface area contributed by atoms with Crippen molar-refractivity contribution in [2.75, 3.05) is 6.61 Å². The fourth-order valence-electron chi connectivity index (χ4n) is 3.26. The Kier molecular flexibility index (Phi) is 2.39. The fourth-order valence-corrected chi connectivity index (χ4v) is 3.26. The van der Waals surface area contributed by atoms with Gasteiger partial charge in [0.1, 0.15) is 5.75 Å². The van der Waals surface area contributed by atoms with Gasteiger partial charge in [0.05, 0.1) is 6.61 Å². The van der Waals surface area contributed by atoms with Gasteiger partial charge < -0.3 is 10.5 Å². The average molecular weight is 251 g/mol. The lowest BCUT2D eigenvalue weighted by Gasteiger charge is -2.10. The molecule has 0 amide bonds. The van der Waals surface area contributed by atoms with Crippen LogP contribution in [0, 0.1) is 0 Å². The molecule has 1 atom stereocenters. The average Bonchev–Trinajstić information content (AvgIpc) is 3.05. The van der Waals surface area contributed by atoms with Gasteiger partial charge in [0.2, 0.25) is 0 Å². The quantitative estimate of drug-likeness (QED) is 0.844. The standard InChI is InChI=1S/C17H17NO/c18-16-7-5-12-10-13(4-6-14(12)16)15-3-1-2-11-8-9-19-17(11)15/h1-4,6,10,16H,5,7-9,18H2. The van der Waals surface area contributed by atoms with Crippen molar-refractivity contribution in [1.29, 1.82) is 0 Å². The number of fused-ring (bicyclic) bond motifs is 2. The summed E-state index contributed by atoms with van der Waals surface area (Å²) in [4.78, 5) is 0. The van der Waals surface area contributed by atoms with E-state index < -0.39 is 0 Å². The zero-order valence-corrected chi connectivity index (χ0v) is 10.9. The van der Waals surface area contributed by atoms with E-state index in [9.17, 15) is 0 Å². The van der Waals surface area contributed by atoms with Crippen LogP contribution in [-0.2, 0) is 12.8 Å². The SMILES string of the molecule is NC1CCc2cc(-c3cccc4c3OCC4)ccc21. The molecule has 0 radical (unpaired) electrons. The Labute approximate surface area is 113 Å². The molecule has 0 spiro atoms. The molecule has 2 N–H and O–H groups in total. The summed E-state index contributed by atoms with van der Waals surface area (Å²) in [7, 11) is 0. The van der Waals surface area contributed by atoms with Crippen LogP contribution in [-0.4, -0.2) is 6.61 Å². The molecule has 0 fully saturated rings. The van der Waals surface area contributed by atoms with Gasteiger partial charge in [-0.05, 0) is 35.1 Å². The second kappa shape index (κ2) is 4.10. The van der Waals surface area contributed by atoms with Gasteiger partial charge in [-0.2, -0.15) is 0 Å². The number of benzene rings is 2. The lowest BCUT2D eigenvalue weighted by Crippen LogP contribution is -2.04. The summed E-state index contributed by atoms with van der Waals surface area (Å²) in [5, 5.41) is 0. The lowest BCUT2D eigenvalue weighted by molar-refractivity contribution is 0.358.